The fraction of sp³-hybridized carbons (Fsp3) is 0.294. The van der Waals surface area contributed by atoms with Gasteiger partial charge in [-0.15, -0.1) is 0 Å². The van der Waals surface area contributed by atoms with Crippen molar-refractivity contribution in [2.45, 2.75) is 26.2 Å². The predicted molar refractivity (Wildman–Crippen MR) is 85.9 cm³/mol. The molecule has 2 nitrogen and oxygen atoms in total. The molecule has 0 bridgehead atoms. The number of halogens is 1. The van der Waals surface area contributed by atoms with Crippen molar-refractivity contribution in [2.24, 2.45) is 0 Å². The summed E-state index contributed by atoms with van der Waals surface area (Å²) in [6.07, 6.45) is 0. The first-order valence-electron chi connectivity index (χ1n) is 6.52. The molecule has 3 heteroatoms. The van der Waals surface area contributed by atoms with E-state index >= 15 is 0 Å². The summed E-state index contributed by atoms with van der Waals surface area (Å²) in [5.41, 5.74) is 1.37. The quantitative estimate of drug-likeness (QED) is 0.732. The summed E-state index contributed by atoms with van der Waals surface area (Å²) in [7, 11) is 1.65. The molecule has 0 N–H and O–H groups in total. The van der Waals surface area contributed by atoms with Crippen molar-refractivity contribution in [1.29, 1.82) is 0 Å². The largest absolute Gasteiger partial charge is 0.497 e. The third-order valence-electron chi connectivity index (χ3n) is 3.04. The van der Waals surface area contributed by atoms with E-state index in [0.29, 0.717) is 0 Å². The smallest absolute Gasteiger partial charge is 0.128 e. The van der Waals surface area contributed by atoms with Crippen LogP contribution in [0.5, 0.6) is 17.2 Å². The number of hydrogen-bond donors (Lipinski definition) is 0. The second-order valence-electron chi connectivity index (χ2n) is 5.67. The summed E-state index contributed by atoms with van der Waals surface area (Å²) in [4.78, 5) is 0. The Morgan fingerprint density at radius 2 is 1.40 bits per heavy atom. The molecule has 2 aromatic rings. The Hall–Kier alpha value is -1.48. The van der Waals surface area contributed by atoms with Crippen LogP contribution in [0, 0.1) is 0 Å². The average molecular weight is 335 g/mol. The molecule has 0 aliphatic heterocycles. The van der Waals surface area contributed by atoms with Crippen LogP contribution in [0.3, 0.4) is 0 Å². The molecule has 0 aliphatic carbocycles. The van der Waals surface area contributed by atoms with Crippen molar-refractivity contribution in [2.75, 3.05) is 7.11 Å². The average Bonchev–Trinajstić information content (AvgIpc) is 2.38. The van der Waals surface area contributed by atoms with Crippen LogP contribution in [-0.2, 0) is 5.41 Å². The Balaban J connectivity index is 2.19. The lowest BCUT2D eigenvalue weighted by Crippen LogP contribution is -2.11. The first kappa shape index (κ1) is 14.9. The van der Waals surface area contributed by atoms with Gasteiger partial charge in [0.25, 0.3) is 0 Å². The molecule has 0 heterocycles. The fourth-order valence-corrected chi connectivity index (χ4v) is 2.90. The minimum Gasteiger partial charge on any atom is -0.497 e. The van der Waals surface area contributed by atoms with Crippen LogP contribution in [0.4, 0.5) is 0 Å². The molecule has 0 fully saturated rings. The summed E-state index contributed by atoms with van der Waals surface area (Å²) in [5.74, 6) is 2.43. The molecule has 0 atom stereocenters. The van der Waals surface area contributed by atoms with Crippen LogP contribution < -0.4 is 9.47 Å². The van der Waals surface area contributed by atoms with Gasteiger partial charge in [0.1, 0.15) is 17.2 Å². The Bertz CT molecular complexity index is 583. The molecule has 0 spiro atoms. The molecule has 0 saturated carbocycles. The van der Waals surface area contributed by atoms with E-state index in [1.807, 2.05) is 36.4 Å². The topological polar surface area (TPSA) is 18.5 Å². The highest BCUT2D eigenvalue weighted by Crippen LogP contribution is 2.34. The van der Waals surface area contributed by atoms with Gasteiger partial charge in [-0.05, 0) is 47.4 Å². The molecule has 0 aliphatic rings. The van der Waals surface area contributed by atoms with E-state index in [1.54, 1.807) is 7.11 Å². The van der Waals surface area contributed by atoms with E-state index < -0.39 is 0 Å². The summed E-state index contributed by atoms with van der Waals surface area (Å²) < 4.78 is 12.0. The standard InChI is InChI=1S/C17H19BrO2/c1-17(2,3)15-10-9-14(11-16(15)18)20-13-7-5-12(19-4)6-8-13/h5-11H,1-4H3. The van der Waals surface area contributed by atoms with Crippen LogP contribution >= 0.6 is 15.9 Å². The minimum atomic E-state index is 0.109. The van der Waals surface area contributed by atoms with E-state index in [-0.39, 0.29) is 5.41 Å². The third-order valence-corrected chi connectivity index (χ3v) is 3.70. The Kier molecular flexibility index (Phi) is 4.39. The summed E-state index contributed by atoms with van der Waals surface area (Å²) in [5, 5.41) is 0. The molecule has 106 valence electrons. The normalized spacial score (nSPS) is 11.2. The maximum Gasteiger partial charge on any atom is 0.128 e. The molecule has 0 saturated heterocycles. The number of hydrogen-bond acceptors (Lipinski definition) is 2. The first-order chi connectivity index (χ1) is 9.40. The molecule has 0 amide bonds. The predicted octanol–water partition coefficient (Wildman–Crippen LogP) is 5.55. The number of methoxy groups -OCH3 is 1. The fourth-order valence-electron chi connectivity index (χ4n) is 1.95. The van der Waals surface area contributed by atoms with Crippen LogP contribution in [0.2, 0.25) is 0 Å². The highest BCUT2D eigenvalue weighted by molar-refractivity contribution is 9.10. The molecular weight excluding hydrogens is 316 g/mol. The zero-order valence-electron chi connectivity index (χ0n) is 12.2. The van der Waals surface area contributed by atoms with Crippen molar-refractivity contribution in [3.05, 3.63) is 52.5 Å². The van der Waals surface area contributed by atoms with Gasteiger partial charge in [0.15, 0.2) is 0 Å². The lowest BCUT2D eigenvalue weighted by atomic mass is 9.87. The molecule has 0 radical (unpaired) electrons. The Morgan fingerprint density at radius 3 is 1.90 bits per heavy atom. The summed E-state index contributed by atoms with van der Waals surface area (Å²) in [6, 6.07) is 13.7. The monoisotopic (exact) mass is 334 g/mol. The van der Waals surface area contributed by atoms with Crippen molar-refractivity contribution >= 4 is 15.9 Å². The zero-order chi connectivity index (χ0) is 14.8. The Labute approximate surface area is 128 Å². The van der Waals surface area contributed by atoms with Gasteiger partial charge in [-0.2, -0.15) is 0 Å². The lowest BCUT2D eigenvalue weighted by Gasteiger charge is -2.21. The van der Waals surface area contributed by atoms with Gasteiger partial charge in [-0.3, -0.25) is 0 Å². The molecule has 2 rings (SSSR count). The van der Waals surface area contributed by atoms with Gasteiger partial charge in [0.05, 0.1) is 7.11 Å². The molecular formula is C17H19BrO2. The number of benzene rings is 2. The molecule has 0 unspecified atom stereocenters. The van der Waals surface area contributed by atoms with Crippen LogP contribution in [0.25, 0.3) is 0 Å². The van der Waals surface area contributed by atoms with Crippen LogP contribution in [0.15, 0.2) is 46.9 Å². The highest BCUT2D eigenvalue weighted by atomic mass is 79.9. The van der Waals surface area contributed by atoms with Gasteiger partial charge in [0.2, 0.25) is 0 Å². The molecule has 20 heavy (non-hydrogen) atoms. The van der Waals surface area contributed by atoms with Gasteiger partial charge in [-0.1, -0.05) is 42.8 Å². The number of ether oxygens (including phenoxy) is 2. The lowest BCUT2D eigenvalue weighted by molar-refractivity contribution is 0.413. The van der Waals surface area contributed by atoms with Crippen molar-refractivity contribution in [3.63, 3.8) is 0 Å². The summed E-state index contributed by atoms with van der Waals surface area (Å²) >= 11 is 3.62. The third kappa shape index (κ3) is 3.54. The second kappa shape index (κ2) is 5.88. The van der Waals surface area contributed by atoms with E-state index in [4.69, 9.17) is 9.47 Å². The minimum absolute atomic E-state index is 0.109. The molecule has 0 aromatic heterocycles. The van der Waals surface area contributed by atoms with E-state index in [0.717, 1.165) is 21.7 Å². The van der Waals surface area contributed by atoms with Crippen molar-refractivity contribution < 1.29 is 9.47 Å². The maximum atomic E-state index is 5.84. The second-order valence-corrected chi connectivity index (χ2v) is 6.52. The molecule has 2 aromatic carbocycles. The first-order valence-corrected chi connectivity index (χ1v) is 7.31. The van der Waals surface area contributed by atoms with Crippen LogP contribution in [-0.4, -0.2) is 7.11 Å². The van der Waals surface area contributed by atoms with Gasteiger partial charge >= 0.3 is 0 Å². The van der Waals surface area contributed by atoms with Crippen molar-refractivity contribution in [3.8, 4) is 17.2 Å². The Morgan fingerprint density at radius 1 is 0.850 bits per heavy atom. The summed E-state index contributed by atoms with van der Waals surface area (Å²) in [6.45, 7) is 6.57. The van der Waals surface area contributed by atoms with E-state index in [2.05, 4.69) is 42.8 Å². The van der Waals surface area contributed by atoms with Gasteiger partial charge in [-0.25, -0.2) is 0 Å². The van der Waals surface area contributed by atoms with E-state index in [9.17, 15) is 0 Å². The van der Waals surface area contributed by atoms with Crippen molar-refractivity contribution in [1.82, 2.24) is 0 Å². The number of rotatable bonds is 3. The zero-order valence-corrected chi connectivity index (χ0v) is 13.8. The van der Waals surface area contributed by atoms with Gasteiger partial charge in [0, 0.05) is 4.47 Å². The van der Waals surface area contributed by atoms with E-state index in [1.165, 1.54) is 5.56 Å². The highest BCUT2D eigenvalue weighted by Gasteiger charge is 2.17. The van der Waals surface area contributed by atoms with Gasteiger partial charge < -0.3 is 9.47 Å². The van der Waals surface area contributed by atoms with Crippen LogP contribution in [0.1, 0.15) is 26.3 Å². The SMILES string of the molecule is COc1ccc(Oc2ccc(C(C)(C)C)c(Br)c2)cc1. The maximum absolute atomic E-state index is 5.84.